The Morgan fingerprint density at radius 3 is 2.50 bits per heavy atom. The molecule has 0 radical (unpaired) electrons. The lowest BCUT2D eigenvalue weighted by Crippen LogP contribution is -2.54. The van der Waals surface area contributed by atoms with Gasteiger partial charge in [0.25, 0.3) is 0 Å². The lowest BCUT2D eigenvalue weighted by Gasteiger charge is -2.35. The fourth-order valence-electron chi connectivity index (χ4n) is 3.48. The Hall–Kier alpha value is -2.58. The van der Waals surface area contributed by atoms with Crippen LogP contribution in [0.2, 0.25) is 0 Å². The van der Waals surface area contributed by atoms with E-state index in [2.05, 4.69) is 25.7 Å². The van der Waals surface area contributed by atoms with Crippen molar-refractivity contribution in [2.24, 2.45) is 0 Å². The predicted octanol–water partition coefficient (Wildman–Crippen LogP) is 0.872. The van der Waals surface area contributed by atoms with Gasteiger partial charge in [0.1, 0.15) is 11.9 Å². The maximum Gasteiger partial charge on any atom is 0.241 e. The fraction of sp³-hybridized carbons (Fsp3) is 0.389. The van der Waals surface area contributed by atoms with Crippen LogP contribution in [0, 0.1) is 5.82 Å². The molecule has 2 N–H and O–H groups in total. The van der Waals surface area contributed by atoms with Gasteiger partial charge in [0.15, 0.2) is 0 Å². The first-order valence-corrected chi connectivity index (χ1v) is 8.78. The Labute approximate surface area is 151 Å². The van der Waals surface area contributed by atoms with Crippen LogP contribution in [-0.4, -0.2) is 53.0 Å². The average molecular weight is 356 g/mol. The lowest BCUT2D eigenvalue weighted by atomic mass is 10.0. The van der Waals surface area contributed by atoms with Gasteiger partial charge in [0.2, 0.25) is 11.9 Å². The van der Waals surface area contributed by atoms with Gasteiger partial charge in [-0.05, 0) is 18.6 Å². The summed E-state index contributed by atoms with van der Waals surface area (Å²) in [5, 5.41) is 0. The van der Waals surface area contributed by atoms with E-state index >= 15 is 0 Å². The number of rotatable bonds is 3. The number of hydrogen-bond donors (Lipinski definition) is 2. The Morgan fingerprint density at radius 1 is 1.04 bits per heavy atom. The maximum absolute atomic E-state index is 13.9. The van der Waals surface area contributed by atoms with E-state index in [9.17, 15) is 9.18 Å². The van der Waals surface area contributed by atoms with E-state index in [-0.39, 0.29) is 23.8 Å². The highest BCUT2D eigenvalue weighted by Gasteiger charge is 2.35. The highest BCUT2D eigenvalue weighted by Crippen LogP contribution is 2.25. The van der Waals surface area contributed by atoms with Gasteiger partial charge in [-0.25, -0.2) is 25.2 Å². The highest BCUT2D eigenvalue weighted by atomic mass is 19.1. The second-order valence-electron chi connectivity index (χ2n) is 6.51. The topological polar surface area (TPSA) is 73.4 Å². The van der Waals surface area contributed by atoms with E-state index in [1.165, 1.54) is 6.07 Å². The minimum atomic E-state index is -0.348. The van der Waals surface area contributed by atoms with Crippen LogP contribution in [0.5, 0.6) is 0 Å². The van der Waals surface area contributed by atoms with E-state index < -0.39 is 0 Å². The van der Waals surface area contributed by atoms with Crippen molar-refractivity contribution < 1.29 is 9.18 Å². The van der Waals surface area contributed by atoms with Gasteiger partial charge in [-0.3, -0.25) is 4.79 Å². The van der Waals surface area contributed by atoms with Crippen LogP contribution < -0.4 is 15.8 Å². The highest BCUT2D eigenvalue weighted by molar-refractivity contribution is 5.82. The smallest absolute Gasteiger partial charge is 0.241 e. The molecule has 1 amide bonds. The van der Waals surface area contributed by atoms with Crippen LogP contribution >= 0.6 is 0 Å². The number of amides is 1. The molecular formula is C18H21FN6O. The van der Waals surface area contributed by atoms with Crippen molar-refractivity contribution >= 4 is 11.9 Å². The number of anilines is 1. The van der Waals surface area contributed by atoms with Crippen LogP contribution in [0.3, 0.4) is 0 Å². The molecule has 2 unspecified atom stereocenters. The van der Waals surface area contributed by atoms with Crippen LogP contribution in [-0.2, 0) is 4.79 Å². The molecule has 7 nitrogen and oxygen atoms in total. The van der Waals surface area contributed by atoms with Crippen LogP contribution in [0.15, 0.2) is 42.7 Å². The summed E-state index contributed by atoms with van der Waals surface area (Å²) in [7, 11) is 0. The molecule has 4 rings (SSSR count). The number of aromatic nitrogens is 2. The van der Waals surface area contributed by atoms with E-state index in [1.807, 2.05) is 4.90 Å². The number of benzene rings is 1. The van der Waals surface area contributed by atoms with E-state index in [1.54, 1.807) is 36.7 Å². The largest absolute Gasteiger partial charge is 0.338 e. The van der Waals surface area contributed by atoms with Crippen molar-refractivity contribution in [1.82, 2.24) is 25.7 Å². The minimum absolute atomic E-state index is 0.0463. The summed E-state index contributed by atoms with van der Waals surface area (Å²) in [5.74, 6) is 0.487. The van der Waals surface area contributed by atoms with E-state index in [0.717, 1.165) is 0 Å². The molecule has 136 valence electrons. The normalized spacial score (nSPS) is 23.3. The average Bonchev–Trinajstić information content (AvgIpc) is 3.18. The molecule has 2 aromatic rings. The SMILES string of the molecule is O=C(C1CC(c2ccccc2F)NN1)N1CCN(c2ncccn2)CC1. The Kier molecular flexibility index (Phi) is 4.77. The molecule has 2 atom stereocenters. The molecule has 0 saturated carbocycles. The third-order valence-electron chi connectivity index (χ3n) is 4.91. The first-order chi connectivity index (χ1) is 12.7. The zero-order valence-corrected chi connectivity index (χ0v) is 14.3. The standard InChI is InChI=1S/C18H21FN6O/c19-14-5-2-1-4-13(14)15-12-16(23-22-15)17(26)24-8-10-25(11-9-24)18-20-6-3-7-21-18/h1-7,15-16,22-23H,8-12H2. The molecule has 1 aromatic heterocycles. The van der Waals surface area contributed by atoms with Crippen molar-refractivity contribution in [3.8, 4) is 0 Å². The summed E-state index contributed by atoms with van der Waals surface area (Å²) in [5.41, 5.74) is 6.66. The summed E-state index contributed by atoms with van der Waals surface area (Å²) in [4.78, 5) is 25.2. The summed E-state index contributed by atoms with van der Waals surface area (Å²) >= 11 is 0. The zero-order valence-electron chi connectivity index (χ0n) is 14.3. The number of carbonyl (C=O) groups is 1. The summed E-state index contributed by atoms with van der Waals surface area (Å²) in [6.07, 6.45) is 3.97. The van der Waals surface area contributed by atoms with Gasteiger partial charge in [0.05, 0.1) is 6.04 Å². The van der Waals surface area contributed by atoms with Crippen molar-refractivity contribution in [2.75, 3.05) is 31.1 Å². The second-order valence-corrected chi connectivity index (χ2v) is 6.51. The molecule has 26 heavy (non-hydrogen) atoms. The monoisotopic (exact) mass is 356 g/mol. The van der Waals surface area contributed by atoms with Gasteiger partial charge in [-0.2, -0.15) is 0 Å². The van der Waals surface area contributed by atoms with Crippen molar-refractivity contribution in [3.05, 3.63) is 54.1 Å². The molecule has 1 aromatic carbocycles. The number of halogens is 1. The van der Waals surface area contributed by atoms with Gasteiger partial charge < -0.3 is 9.80 Å². The quantitative estimate of drug-likeness (QED) is 0.850. The Morgan fingerprint density at radius 2 is 1.77 bits per heavy atom. The molecule has 2 saturated heterocycles. The van der Waals surface area contributed by atoms with Gasteiger partial charge in [0, 0.05) is 44.1 Å². The van der Waals surface area contributed by atoms with Crippen molar-refractivity contribution in [3.63, 3.8) is 0 Å². The number of nitrogens with one attached hydrogen (secondary N) is 2. The first kappa shape index (κ1) is 16.9. The molecule has 0 aliphatic carbocycles. The molecular weight excluding hydrogens is 335 g/mol. The number of nitrogens with zero attached hydrogens (tertiary/aromatic N) is 4. The third-order valence-corrected chi connectivity index (χ3v) is 4.91. The minimum Gasteiger partial charge on any atom is -0.338 e. The first-order valence-electron chi connectivity index (χ1n) is 8.78. The van der Waals surface area contributed by atoms with Crippen molar-refractivity contribution in [1.29, 1.82) is 0 Å². The number of hydrogen-bond acceptors (Lipinski definition) is 6. The maximum atomic E-state index is 13.9. The van der Waals surface area contributed by atoms with Gasteiger partial charge in [-0.1, -0.05) is 18.2 Å². The number of hydrazine groups is 1. The number of piperazine rings is 1. The van der Waals surface area contributed by atoms with Crippen LogP contribution in [0.25, 0.3) is 0 Å². The molecule has 8 heteroatoms. The molecule has 2 aliphatic heterocycles. The summed E-state index contributed by atoms with van der Waals surface area (Å²) < 4.78 is 13.9. The number of carbonyl (C=O) groups excluding carboxylic acids is 1. The third kappa shape index (κ3) is 3.38. The summed E-state index contributed by atoms with van der Waals surface area (Å²) in [6.45, 7) is 2.65. The molecule has 2 fully saturated rings. The molecule has 2 aliphatic rings. The lowest BCUT2D eigenvalue weighted by molar-refractivity contribution is -0.133. The Bertz CT molecular complexity index is 765. The van der Waals surface area contributed by atoms with E-state index in [0.29, 0.717) is 44.1 Å². The predicted molar refractivity (Wildman–Crippen MR) is 94.6 cm³/mol. The summed E-state index contributed by atoms with van der Waals surface area (Å²) in [6, 6.07) is 7.90. The van der Waals surface area contributed by atoms with Crippen molar-refractivity contribution in [2.45, 2.75) is 18.5 Å². The molecule has 0 bridgehead atoms. The van der Waals surface area contributed by atoms with Gasteiger partial charge >= 0.3 is 0 Å². The second kappa shape index (κ2) is 7.35. The van der Waals surface area contributed by atoms with Crippen LogP contribution in [0.1, 0.15) is 18.0 Å². The van der Waals surface area contributed by atoms with E-state index in [4.69, 9.17) is 0 Å². The zero-order chi connectivity index (χ0) is 17.9. The molecule has 3 heterocycles. The van der Waals surface area contributed by atoms with Crippen LogP contribution in [0.4, 0.5) is 10.3 Å². The molecule has 0 spiro atoms. The van der Waals surface area contributed by atoms with Gasteiger partial charge in [-0.15, -0.1) is 0 Å². The fourth-order valence-corrected chi connectivity index (χ4v) is 3.48. The Balaban J connectivity index is 1.34.